The van der Waals surface area contributed by atoms with Gasteiger partial charge in [0.1, 0.15) is 5.82 Å². The van der Waals surface area contributed by atoms with Gasteiger partial charge in [0.05, 0.1) is 11.8 Å². The number of pyridine rings is 1. The Morgan fingerprint density at radius 1 is 1.29 bits per heavy atom. The van der Waals surface area contributed by atoms with Crippen LogP contribution in [0.4, 0.5) is 10.9 Å². The highest BCUT2D eigenvalue weighted by molar-refractivity contribution is 7.18. The van der Waals surface area contributed by atoms with Gasteiger partial charge in [-0.15, -0.1) is 10.2 Å². The van der Waals surface area contributed by atoms with Crippen molar-refractivity contribution in [2.24, 2.45) is 5.73 Å². The molecule has 0 saturated heterocycles. The van der Waals surface area contributed by atoms with Crippen LogP contribution in [-0.2, 0) is 0 Å². The topological polar surface area (TPSA) is 119 Å². The van der Waals surface area contributed by atoms with Crippen LogP contribution in [0.3, 0.4) is 0 Å². The molecule has 9 heteroatoms. The summed E-state index contributed by atoms with van der Waals surface area (Å²) in [7, 11) is 0. The first kappa shape index (κ1) is 16.1. The number of amides is 1. The molecule has 0 aliphatic heterocycles. The summed E-state index contributed by atoms with van der Waals surface area (Å²) in [5.41, 5.74) is 5.87. The molecular formula is C15H16N6O2S. The molecule has 0 aromatic carbocycles. The molecule has 8 nitrogen and oxygen atoms in total. The van der Waals surface area contributed by atoms with Crippen LogP contribution >= 0.6 is 11.3 Å². The number of carbonyl (C=O) groups is 1. The molecule has 0 spiro atoms. The van der Waals surface area contributed by atoms with Gasteiger partial charge in [0.2, 0.25) is 5.13 Å². The number of nitrogens with two attached hydrogens (primary N) is 1. The molecule has 0 radical (unpaired) electrons. The van der Waals surface area contributed by atoms with Crippen LogP contribution in [0, 0.1) is 0 Å². The third-order valence-corrected chi connectivity index (χ3v) is 3.94. The highest BCUT2D eigenvalue weighted by atomic mass is 32.1. The second-order valence-electron chi connectivity index (χ2n) is 4.84. The van der Waals surface area contributed by atoms with Gasteiger partial charge in [-0.2, -0.15) is 0 Å². The zero-order chi connectivity index (χ0) is 16.8. The van der Waals surface area contributed by atoms with Crippen molar-refractivity contribution in [3.05, 3.63) is 42.3 Å². The molecule has 1 amide bonds. The average molecular weight is 344 g/mol. The van der Waals surface area contributed by atoms with Crippen LogP contribution in [0.25, 0.3) is 10.8 Å². The van der Waals surface area contributed by atoms with Gasteiger partial charge in [-0.05, 0) is 37.2 Å². The Morgan fingerprint density at radius 3 is 2.92 bits per heavy atom. The molecule has 0 unspecified atom stereocenters. The summed E-state index contributed by atoms with van der Waals surface area (Å²) in [4.78, 5) is 16.4. The quantitative estimate of drug-likeness (QED) is 0.562. The third kappa shape index (κ3) is 3.94. The summed E-state index contributed by atoms with van der Waals surface area (Å²) in [5, 5.41) is 14.8. The number of hydrogen-bond donors (Lipinski definition) is 3. The van der Waals surface area contributed by atoms with E-state index in [1.54, 1.807) is 30.5 Å². The van der Waals surface area contributed by atoms with E-state index in [2.05, 4.69) is 25.8 Å². The first-order valence-electron chi connectivity index (χ1n) is 7.35. The Bertz CT molecular complexity index is 785. The minimum absolute atomic E-state index is 0.293. The van der Waals surface area contributed by atoms with Crippen molar-refractivity contribution in [3.63, 3.8) is 0 Å². The predicted molar refractivity (Wildman–Crippen MR) is 92.0 cm³/mol. The summed E-state index contributed by atoms with van der Waals surface area (Å²) >= 11 is 1.24. The van der Waals surface area contributed by atoms with E-state index in [9.17, 15) is 4.79 Å². The fourth-order valence-corrected chi connectivity index (χ4v) is 2.60. The van der Waals surface area contributed by atoms with Crippen LogP contribution in [-0.4, -0.2) is 34.2 Å². The Kier molecular flexibility index (Phi) is 5.14. The molecule has 3 heterocycles. The number of nitrogens with one attached hydrogen (secondary N) is 2. The zero-order valence-corrected chi connectivity index (χ0v) is 13.5. The molecule has 0 bridgehead atoms. The van der Waals surface area contributed by atoms with Crippen LogP contribution in [0.15, 0.2) is 41.1 Å². The lowest BCUT2D eigenvalue weighted by atomic mass is 10.2. The summed E-state index contributed by atoms with van der Waals surface area (Å²) in [5.74, 6) is 1.02. The van der Waals surface area contributed by atoms with Crippen molar-refractivity contribution >= 4 is 28.2 Å². The molecule has 24 heavy (non-hydrogen) atoms. The molecule has 0 aliphatic carbocycles. The molecule has 3 aromatic heterocycles. The van der Waals surface area contributed by atoms with Gasteiger partial charge in [0, 0.05) is 12.7 Å². The van der Waals surface area contributed by atoms with E-state index >= 15 is 0 Å². The zero-order valence-electron chi connectivity index (χ0n) is 12.7. The van der Waals surface area contributed by atoms with Crippen molar-refractivity contribution in [3.8, 4) is 10.8 Å². The van der Waals surface area contributed by atoms with Gasteiger partial charge >= 0.3 is 0 Å². The van der Waals surface area contributed by atoms with Crippen LogP contribution < -0.4 is 16.4 Å². The third-order valence-electron chi connectivity index (χ3n) is 3.09. The summed E-state index contributed by atoms with van der Waals surface area (Å²) in [6.45, 7) is 1.37. The van der Waals surface area contributed by atoms with Crippen molar-refractivity contribution in [1.29, 1.82) is 0 Å². The van der Waals surface area contributed by atoms with Gasteiger partial charge in [0.25, 0.3) is 5.91 Å². The maximum Gasteiger partial charge on any atom is 0.259 e. The number of furan rings is 1. The Labute approximate surface area is 142 Å². The fraction of sp³-hybridized carbons (Fsp3) is 0.200. The molecule has 3 aromatic rings. The highest BCUT2D eigenvalue weighted by Gasteiger charge is 2.13. The largest absolute Gasteiger partial charge is 0.462 e. The van der Waals surface area contributed by atoms with Crippen molar-refractivity contribution in [1.82, 2.24) is 15.2 Å². The normalized spacial score (nSPS) is 10.5. The van der Waals surface area contributed by atoms with Crippen LogP contribution in [0.5, 0.6) is 0 Å². The SMILES string of the molecule is NCCCNc1ccc(C(=O)Nc2nnc(-c3ccco3)s2)cn1. The van der Waals surface area contributed by atoms with E-state index in [1.165, 1.54) is 17.5 Å². The first-order chi connectivity index (χ1) is 11.8. The standard InChI is InChI=1S/C15H16N6O2S/c16-6-2-7-17-12-5-4-10(9-18-12)13(22)19-15-21-20-14(24-15)11-3-1-8-23-11/h1,3-5,8-9H,2,6-7,16H2,(H,17,18)(H,19,21,22). The van der Waals surface area contributed by atoms with E-state index in [0.717, 1.165) is 13.0 Å². The average Bonchev–Trinajstić information content (AvgIpc) is 3.27. The van der Waals surface area contributed by atoms with Crippen molar-refractivity contribution in [2.75, 3.05) is 23.7 Å². The lowest BCUT2D eigenvalue weighted by Gasteiger charge is -2.05. The Balaban J connectivity index is 1.60. The molecule has 4 N–H and O–H groups in total. The number of anilines is 2. The lowest BCUT2D eigenvalue weighted by molar-refractivity contribution is 0.102. The van der Waals surface area contributed by atoms with Crippen molar-refractivity contribution in [2.45, 2.75) is 6.42 Å². The number of aromatic nitrogens is 3. The number of carbonyl (C=O) groups excluding carboxylic acids is 1. The van der Waals surface area contributed by atoms with E-state index in [4.69, 9.17) is 10.2 Å². The molecule has 0 atom stereocenters. The summed E-state index contributed by atoms with van der Waals surface area (Å²) < 4.78 is 5.25. The monoisotopic (exact) mass is 344 g/mol. The van der Waals surface area contributed by atoms with E-state index in [-0.39, 0.29) is 5.91 Å². The highest BCUT2D eigenvalue weighted by Crippen LogP contribution is 2.26. The molecule has 124 valence electrons. The van der Waals surface area contributed by atoms with Gasteiger partial charge < -0.3 is 15.5 Å². The van der Waals surface area contributed by atoms with Gasteiger partial charge in [-0.1, -0.05) is 11.3 Å². The van der Waals surface area contributed by atoms with Gasteiger partial charge in [-0.3, -0.25) is 10.1 Å². The second-order valence-corrected chi connectivity index (χ2v) is 5.82. The fourth-order valence-electron chi connectivity index (χ4n) is 1.89. The summed E-state index contributed by atoms with van der Waals surface area (Å²) in [6, 6.07) is 7.00. The Hall–Kier alpha value is -2.78. The van der Waals surface area contributed by atoms with Gasteiger partial charge in [0.15, 0.2) is 10.8 Å². The molecule has 0 fully saturated rings. The molecule has 0 saturated carbocycles. The second kappa shape index (κ2) is 7.66. The molecule has 3 rings (SSSR count). The molecular weight excluding hydrogens is 328 g/mol. The van der Waals surface area contributed by atoms with Crippen LogP contribution in [0.2, 0.25) is 0 Å². The van der Waals surface area contributed by atoms with Gasteiger partial charge in [-0.25, -0.2) is 4.98 Å². The lowest BCUT2D eigenvalue weighted by Crippen LogP contribution is -2.13. The Morgan fingerprint density at radius 2 is 2.21 bits per heavy atom. The maximum absolute atomic E-state index is 12.2. The number of nitrogens with zero attached hydrogens (tertiary/aromatic N) is 3. The number of rotatable bonds is 7. The van der Waals surface area contributed by atoms with E-state index in [1.807, 2.05) is 0 Å². The minimum atomic E-state index is -0.293. The summed E-state index contributed by atoms with van der Waals surface area (Å²) in [6.07, 6.45) is 3.93. The van der Waals surface area contributed by atoms with E-state index in [0.29, 0.717) is 33.8 Å². The van der Waals surface area contributed by atoms with Crippen LogP contribution in [0.1, 0.15) is 16.8 Å². The first-order valence-corrected chi connectivity index (χ1v) is 8.16. The number of hydrogen-bond acceptors (Lipinski definition) is 8. The predicted octanol–water partition coefficient (Wildman–Crippen LogP) is 2.21. The van der Waals surface area contributed by atoms with Crippen molar-refractivity contribution < 1.29 is 9.21 Å². The molecule has 0 aliphatic rings. The minimum Gasteiger partial charge on any atom is -0.462 e. The maximum atomic E-state index is 12.2. The smallest absolute Gasteiger partial charge is 0.259 e. The van der Waals surface area contributed by atoms with E-state index < -0.39 is 0 Å².